The predicted octanol–water partition coefficient (Wildman–Crippen LogP) is 4.73. The average Bonchev–Trinajstić information content (AvgIpc) is 3.18. The molecule has 1 nitrogen and oxygen atoms in total. The summed E-state index contributed by atoms with van der Waals surface area (Å²) in [6.45, 7) is 5.47. The molecule has 1 N–H and O–H groups in total. The molecule has 0 bridgehead atoms. The molecule has 1 aromatic rings. The van der Waals surface area contributed by atoms with Gasteiger partial charge in [0.2, 0.25) is 0 Å². The number of hydrogen-bond acceptors (Lipinski definition) is 2. The van der Waals surface area contributed by atoms with Gasteiger partial charge >= 0.3 is 0 Å². The number of rotatable bonds is 7. The number of thioether (sulfide) groups is 1. The normalized spacial score (nSPS) is 16.8. The van der Waals surface area contributed by atoms with Gasteiger partial charge in [-0.3, -0.25) is 0 Å². The van der Waals surface area contributed by atoms with Gasteiger partial charge in [-0.1, -0.05) is 37.9 Å². The largest absolute Gasteiger partial charge is 0.310 e. The second kappa shape index (κ2) is 6.83. The second-order valence-corrected chi connectivity index (χ2v) is 6.71. The van der Waals surface area contributed by atoms with Crippen LogP contribution in [0.5, 0.6) is 0 Å². The molecule has 18 heavy (non-hydrogen) atoms. The third-order valence-corrected chi connectivity index (χ3v) is 5.22. The fourth-order valence-corrected chi connectivity index (χ4v) is 3.10. The third-order valence-electron chi connectivity index (χ3n) is 3.39. The van der Waals surface area contributed by atoms with Gasteiger partial charge in [-0.05, 0) is 36.5 Å². The summed E-state index contributed by atoms with van der Waals surface area (Å²) >= 11 is 8.21. The zero-order chi connectivity index (χ0) is 13.0. The van der Waals surface area contributed by atoms with E-state index in [1.54, 1.807) is 0 Å². The van der Waals surface area contributed by atoms with E-state index in [1.165, 1.54) is 29.7 Å². The van der Waals surface area contributed by atoms with Crippen molar-refractivity contribution in [3.8, 4) is 0 Å². The number of halogens is 1. The van der Waals surface area contributed by atoms with Gasteiger partial charge in [-0.2, -0.15) is 0 Å². The molecule has 1 atom stereocenters. The second-order valence-electron chi connectivity index (χ2n) is 5.24. The monoisotopic (exact) mass is 283 g/mol. The molecule has 1 saturated carbocycles. The van der Waals surface area contributed by atoms with Gasteiger partial charge < -0.3 is 5.32 Å². The maximum absolute atomic E-state index is 6.34. The summed E-state index contributed by atoms with van der Waals surface area (Å²) in [5.41, 5.74) is 1.29. The SMILES string of the molecule is CCC(C)CSc1ccc(CNC2CC2)cc1Cl. The highest BCUT2D eigenvalue weighted by Crippen LogP contribution is 2.30. The van der Waals surface area contributed by atoms with Gasteiger partial charge in [0.1, 0.15) is 0 Å². The first-order valence-corrected chi connectivity index (χ1v) is 8.20. The molecule has 0 heterocycles. The molecule has 100 valence electrons. The summed E-state index contributed by atoms with van der Waals surface area (Å²) in [5.74, 6) is 1.90. The molecule has 0 saturated heterocycles. The van der Waals surface area contributed by atoms with Gasteiger partial charge in [0, 0.05) is 23.2 Å². The molecule has 1 unspecified atom stereocenters. The minimum absolute atomic E-state index is 0.752. The Balaban J connectivity index is 1.87. The van der Waals surface area contributed by atoms with E-state index in [9.17, 15) is 0 Å². The van der Waals surface area contributed by atoms with E-state index in [2.05, 4.69) is 37.4 Å². The van der Waals surface area contributed by atoms with E-state index in [0.717, 1.165) is 29.3 Å². The standard InChI is InChI=1S/C15H22ClNS/c1-3-11(2)10-18-15-7-4-12(8-14(15)16)9-17-13-5-6-13/h4,7-8,11,13,17H,3,5-6,9-10H2,1-2H3. The zero-order valence-corrected chi connectivity index (χ0v) is 12.8. The van der Waals surface area contributed by atoms with Crippen molar-refractivity contribution in [2.75, 3.05) is 5.75 Å². The smallest absolute Gasteiger partial charge is 0.0545 e. The molecule has 1 aromatic carbocycles. The molecular weight excluding hydrogens is 262 g/mol. The quantitative estimate of drug-likeness (QED) is 0.726. The molecule has 1 fully saturated rings. The van der Waals surface area contributed by atoms with Gasteiger partial charge in [0.15, 0.2) is 0 Å². The maximum Gasteiger partial charge on any atom is 0.0545 e. The van der Waals surface area contributed by atoms with Gasteiger partial charge in [-0.15, -0.1) is 11.8 Å². The van der Waals surface area contributed by atoms with Gasteiger partial charge in [0.25, 0.3) is 0 Å². The molecule has 0 amide bonds. The molecule has 1 aliphatic rings. The van der Waals surface area contributed by atoms with Crippen molar-refractivity contribution in [2.45, 2.75) is 50.6 Å². The van der Waals surface area contributed by atoms with Crippen LogP contribution < -0.4 is 5.32 Å². The molecule has 0 aliphatic heterocycles. The van der Waals surface area contributed by atoms with Crippen LogP contribution in [0.4, 0.5) is 0 Å². The molecule has 1 aliphatic carbocycles. The highest BCUT2D eigenvalue weighted by atomic mass is 35.5. The van der Waals surface area contributed by atoms with Crippen molar-refractivity contribution in [2.24, 2.45) is 5.92 Å². The lowest BCUT2D eigenvalue weighted by Gasteiger charge is -2.10. The van der Waals surface area contributed by atoms with Gasteiger partial charge in [0.05, 0.1) is 5.02 Å². The van der Waals surface area contributed by atoms with Crippen molar-refractivity contribution in [3.05, 3.63) is 28.8 Å². The van der Waals surface area contributed by atoms with E-state index in [1.807, 2.05) is 11.8 Å². The molecular formula is C15H22ClNS. The Labute approximate surface area is 120 Å². The molecule has 2 rings (SSSR count). The number of nitrogens with one attached hydrogen (secondary N) is 1. The highest BCUT2D eigenvalue weighted by molar-refractivity contribution is 7.99. The van der Waals surface area contributed by atoms with Crippen molar-refractivity contribution in [1.82, 2.24) is 5.32 Å². The summed E-state index contributed by atoms with van der Waals surface area (Å²) < 4.78 is 0. The fourth-order valence-electron chi connectivity index (χ4n) is 1.67. The van der Waals surface area contributed by atoms with E-state index in [-0.39, 0.29) is 0 Å². The van der Waals surface area contributed by atoms with E-state index in [0.29, 0.717) is 0 Å². The summed E-state index contributed by atoms with van der Waals surface area (Å²) in [7, 11) is 0. The summed E-state index contributed by atoms with van der Waals surface area (Å²) in [6.07, 6.45) is 3.89. The van der Waals surface area contributed by atoms with Crippen LogP contribution in [-0.4, -0.2) is 11.8 Å². The molecule has 3 heteroatoms. The van der Waals surface area contributed by atoms with Crippen molar-refractivity contribution in [3.63, 3.8) is 0 Å². The first kappa shape index (κ1) is 14.2. The Morgan fingerprint density at radius 2 is 2.22 bits per heavy atom. The summed E-state index contributed by atoms with van der Waals surface area (Å²) in [5, 5.41) is 4.41. The Kier molecular flexibility index (Phi) is 5.40. The van der Waals surface area contributed by atoms with Crippen LogP contribution in [0.1, 0.15) is 38.7 Å². The third kappa shape index (κ3) is 4.49. The predicted molar refractivity (Wildman–Crippen MR) is 81.5 cm³/mol. The fraction of sp³-hybridized carbons (Fsp3) is 0.600. The van der Waals surface area contributed by atoms with Crippen LogP contribution in [0.2, 0.25) is 5.02 Å². The topological polar surface area (TPSA) is 12.0 Å². The Morgan fingerprint density at radius 3 is 2.83 bits per heavy atom. The van der Waals surface area contributed by atoms with E-state index < -0.39 is 0 Å². The van der Waals surface area contributed by atoms with E-state index >= 15 is 0 Å². The molecule has 0 spiro atoms. The van der Waals surface area contributed by atoms with Gasteiger partial charge in [-0.25, -0.2) is 0 Å². The summed E-state index contributed by atoms with van der Waals surface area (Å²) in [6, 6.07) is 7.22. The first-order valence-electron chi connectivity index (χ1n) is 6.83. The zero-order valence-electron chi connectivity index (χ0n) is 11.2. The Morgan fingerprint density at radius 1 is 1.44 bits per heavy atom. The number of hydrogen-bond donors (Lipinski definition) is 1. The first-order chi connectivity index (χ1) is 8.69. The highest BCUT2D eigenvalue weighted by Gasteiger charge is 2.19. The van der Waals surface area contributed by atoms with Crippen LogP contribution in [0.15, 0.2) is 23.1 Å². The average molecular weight is 284 g/mol. The lowest BCUT2D eigenvalue weighted by Crippen LogP contribution is -2.15. The number of benzene rings is 1. The van der Waals surface area contributed by atoms with Crippen LogP contribution >= 0.6 is 23.4 Å². The molecule has 0 radical (unpaired) electrons. The lowest BCUT2D eigenvalue weighted by atomic mass is 10.2. The Hall–Kier alpha value is -0.180. The maximum atomic E-state index is 6.34. The van der Waals surface area contributed by atoms with Crippen molar-refractivity contribution in [1.29, 1.82) is 0 Å². The van der Waals surface area contributed by atoms with Crippen LogP contribution in [0.25, 0.3) is 0 Å². The van der Waals surface area contributed by atoms with Crippen LogP contribution in [0.3, 0.4) is 0 Å². The van der Waals surface area contributed by atoms with E-state index in [4.69, 9.17) is 11.6 Å². The van der Waals surface area contributed by atoms with Crippen LogP contribution in [-0.2, 0) is 6.54 Å². The summed E-state index contributed by atoms with van der Waals surface area (Å²) in [4.78, 5) is 1.21. The minimum atomic E-state index is 0.752. The molecule has 0 aromatic heterocycles. The van der Waals surface area contributed by atoms with Crippen molar-refractivity contribution >= 4 is 23.4 Å². The van der Waals surface area contributed by atoms with Crippen LogP contribution in [0, 0.1) is 5.92 Å². The van der Waals surface area contributed by atoms with Crippen molar-refractivity contribution < 1.29 is 0 Å². The Bertz CT molecular complexity index is 390. The minimum Gasteiger partial charge on any atom is -0.310 e. The lowest BCUT2D eigenvalue weighted by molar-refractivity contribution is 0.637.